The Morgan fingerprint density at radius 3 is 2.46 bits per heavy atom. The molecule has 26 heavy (non-hydrogen) atoms. The highest BCUT2D eigenvalue weighted by molar-refractivity contribution is 5.67. The topological polar surface area (TPSA) is 0 Å². The number of hydrogen-bond acceptors (Lipinski definition) is 0. The van der Waals surface area contributed by atoms with Crippen LogP contribution in [0.5, 0.6) is 0 Å². The van der Waals surface area contributed by atoms with Crippen LogP contribution < -0.4 is 0 Å². The van der Waals surface area contributed by atoms with Crippen LogP contribution in [0.1, 0.15) is 42.7 Å². The summed E-state index contributed by atoms with van der Waals surface area (Å²) in [5.74, 6) is -2.41. The summed E-state index contributed by atoms with van der Waals surface area (Å²) in [6.07, 6.45) is 6.29. The van der Waals surface area contributed by atoms with Gasteiger partial charge in [0.1, 0.15) is 11.6 Å². The SMILES string of the molecule is C=CC1CCC2c3cc(F)c(-c4ccc(F)c(F)c4)c(F)c3CCC2C1. The highest BCUT2D eigenvalue weighted by atomic mass is 19.2. The van der Waals surface area contributed by atoms with E-state index in [1.54, 1.807) is 0 Å². The number of benzene rings is 2. The van der Waals surface area contributed by atoms with E-state index >= 15 is 4.39 Å². The normalized spacial score (nSPS) is 24.7. The molecule has 1 fully saturated rings. The second-order valence-corrected chi connectivity index (χ2v) is 7.46. The van der Waals surface area contributed by atoms with Crippen molar-refractivity contribution in [1.82, 2.24) is 0 Å². The van der Waals surface area contributed by atoms with Gasteiger partial charge in [0.15, 0.2) is 11.6 Å². The van der Waals surface area contributed by atoms with Crippen molar-refractivity contribution in [3.63, 3.8) is 0 Å². The lowest BCUT2D eigenvalue weighted by Gasteiger charge is -2.40. The van der Waals surface area contributed by atoms with Gasteiger partial charge in [0.2, 0.25) is 0 Å². The van der Waals surface area contributed by atoms with E-state index < -0.39 is 23.3 Å². The van der Waals surface area contributed by atoms with Crippen LogP contribution in [0, 0.1) is 35.1 Å². The number of halogens is 4. The van der Waals surface area contributed by atoms with E-state index in [0.717, 1.165) is 43.4 Å². The van der Waals surface area contributed by atoms with Gasteiger partial charge in [0, 0.05) is 0 Å². The first-order valence-electron chi connectivity index (χ1n) is 9.08. The Morgan fingerprint density at radius 2 is 1.73 bits per heavy atom. The number of allylic oxidation sites excluding steroid dienone is 1. The summed E-state index contributed by atoms with van der Waals surface area (Å²) in [6, 6.07) is 4.38. The van der Waals surface area contributed by atoms with Crippen molar-refractivity contribution in [3.05, 3.63) is 71.3 Å². The van der Waals surface area contributed by atoms with Crippen molar-refractivity contribution < 1.29 is 17.6 Å². The van der Waals surface area contributed by atoms with E-state index in [2.05, 4.69) is 6.58 Å². The summed E-state index contributed by atoms with van der Waals surface area (Å²) in [5.41, 5.74) is 1.05. The van der Waals surface area contributed by atoms with Gasteiger partial charge < -0.3 is 0 Å². The van der Waals surface area contributed by atoms with Crippen molar-refractivity contribution in [1.29, 1.82) is 0 Å². The van der Waals surface area contributed by atoms with E-state index in [1.165, 1.54) is 12.1 Å². The fraction of sp³-hybridized carbons (Fsp3) is 0.364. The average molecular weight is 360 g/mol. The molecule has 0 heterocycles. The minimum atomic E-state index is -1.11. The molecule has 0 spiro atoms. The largest absolute Gasteiger partial charge is 0.206 e. The molecule has 0 aromatic heterocycles. The first-order valence-corrected chi connectivity index (χ1v) is 9.08. The summed E-state index contributed by atoms with van der Waals surface area (Å²) in [7, 11) is 0. The van der Waals surface area contributed by atoms with Gasteiger partial charge in [0.25, 0.3) is 0 Å². The Balaban J connectivity index is 1.78. The Morgan fingerprint density at radius 1 is 0.923 bits per heavy atom. The molecule has 2 aromatic rings. The van der Waals surface area contributed by atoms with Gasteiger partial charge >= 0.3 is 0 Å². The van der Waals surface area contributed by atoms with Gasteiger partial charge in [-0.05, 0) is 84.7 Å². The lowest BCUT2D eigenvalue weighted by Crippen LogP contribution is -2.28. The molecule has 3 atom stereocenters. The Hall–Kier alpha value is -2.10. The van der Waals surface area contributed by atoms with Crippen molar-refractivity contribution in [2.75, 3.05) is 0 Å². The standard InChI is InChI=1S/C22H20F4/c1-2-12-3-6-15-13(9-12)4-7-16-17(15)11-20(25)21(22(16)26)14-5-8-18(23)19(24)10-14/h2,5,8,10-13,15H,1,3-4,6-7,9H2. The van der Waals surface area contributed by atoms with Crippen LogP contribution in [-0.4, -0.2) is 0 Å². The second kappa shape index (κ2) is 6.57. The average Bonchev–Trinajstić information content (AvgIpc) is 2.64. The lowest BCUT2D eigenvalue weighted by molar-refractivity contribution is 0.235. The van der Waals surface area contributed by atoms with Crippen LogP contribution >= 0.6 is 0 Å². The number of rotatable bonds is 2. The van der Waals surface area contributed by atoms with E-state index in [0.29, 0.717) is 23.8 Å². The van der Waals surface area contributed by atoms with Gasteiger partial charge in [-0.1, -0.05) is 12.1 Å². The first kappa shape index (κ1) is 17.3. The van der Waals surface area contributed by atoms with Crippen molar-refractivity contribution in [2.45, 2.75) is 38.0 Å². The molecule has 4 heteroatoms. The zero-order chi connectivity index (χ0) is 18.4. The van der Waals surface area contributed by atoms with Crippen LogP contribution in [0.4, 0.5) is 17.6 Å². The molecule has 0 amide bonds. The molecule has 136 valence electrons. The third kappa shape index (κ3) is 2.76. The molecular weight excluding hydrogens is 340 g/mol. The Kier molecular flexibility index (Phi) is 4.37. The summed E-state index contributed by atoms with van der Waals surface area (Å²) in [6.45, 7) is 3.88. The highest BCUT2D eigenvalue weighted by Gasteiger charge is 2.37. The second-order valence-electron chi connectivity index (χ2n) is 7.46. The molecule has 0 bridgehead atoms. The Labute approximate surface area is 150 Å². The number of hydrogen-bond donors (Lipinski definition) is 0. The minimum Gasteiger partial charge on any atom is -0.206 e. The molecule has 4 rings (SSSR count). The molecular formula is C22H20F4. The highest BCUT2D eigenvalue weighted by Crippen LogP contribution is 2.49. The van der Waals surface area contributed by atoms with Crippen LogP contribution in [0.2, 0.25) is 0 Å². The molecule has 3 unspecified atom stereocenters. The van der Waals surface area contributed by atoms with Crippen LogP contribution in [-0.2, 0) is 6.42 Å². The van der Waals surface area contributed by atoms with Gasteiger partial charge in [0.05, 0.1) is 5.56 Å². The fourth-order valence-electron chi connectivity index (χ4n) is 4.75. The lowest BCUT2D eigenvalue weighted by atomic mass is 9.65. The molecule has 0 saturated heterocycles. The maximum atomic E-state index is 15.2. The van der Waals surface area contributed by atoms with E-state index in [9.17, 15) is 13.2 Å². The monoisotopic (exact) mass is 360 g/mol. The Bertz CT molecular complexity index is 871. The maximum absolute atomic E-state index is 15.2. The smallest absolute Gasteiger partial charge is 0.159 e. The molecule has 0 aliphatic heterocycles. The molecule has 0 radical (unpaired) electrons. The summed E-state index contributed by atoms with van der Waals surface area (Å²) < 4.78 is 56.6. The molecule has 0 N–H and O–H groups in total. The molecule has 1 saturated carbocycles. The predicted octanol–water partition coefficient (Wildman–Crippen LogP) is 6.54. The fourth-order valence-corrected chi connectivity index (χ4v) is 4.75. The number of fused-ring (bicyclic) bond motifs is 3. The van der Waals surface area contributed by atoms with Crippen molar-refractivity contribution in [3.8, 4) is 11.1 Å². The minimum absolute atomic E-state index is 0.0270. The van der Waals surface area contributed by atoms with Gasteiger partial charge in [-0.3, -0.25) is 0 Å². The third-order valence-electron chi connectivity index (χ3n) is 6.08. The third-order valence-corrected chi connectivity index (χ3v) is 6.08. The van der Waals surface area contributed by atoms with Gasteiger partial charge in [-0.25, -0.2) is 17.6 Å². The van der Waals surface area contributed by atoms with Crippen LogP contribution in [0.15, 0.2) is 36.9 Å². The van der Waals surface area contributed by atoms with Crippen LogP contribution in [0.3, 0.4) is 0 Å². The van der Waals surface area contributed by atoms with E-state index in [1.807, 2.05) is 6.08 Å². The zero-order valence-corrected chi connectivity index (χ0v) is 14.4. The van der Waals surface area contributed by atoms with Crippen molar-refractivity contribution in [2.24, 2.45) is 11.8 Å². The van der Waals surface area contributed by atoms with E-state index in [4.69, 9.17) is 0 Å². The molecule has 2 aliphatic rings. The van der Waals surface area contributed by atoms with Crippen molar-refractivity contribution >= 4 is 0 Å². The zero-order valence-electron chi connectivity index (χ0n) is 14.4. The van der Waals surface area contributed by atoms with Gasteiger partial charge in [-0.15, -0.1) is 6.58 Å². The van der Waals surface area contributed by atoms with Gasteiger partial charge in [-0.2, -0.15) is 0 Å². The predicted molar refractivity (Wildman–Crippen MR) is 93.8 cm³/mol. The molecule has 0 nitrogen and oxygen atoms in total. The quantitative estimate of drug-likeness (QED) is 0.421. The van der Waals surface area contributed by atoms with E-state index in [-0.39, 0.29) is 17.0 Å². The molecule has 2 aromatic carbocycles. The summed E-state index contributed by atoms with van der Waals surface area (Å²) >= 11 is 0. The maximum Gasteiger partial charge on any atom is 0.159 e. The summed E-state index contributed by atoms with van der Waals surface area (Å²) in [5, 5.41) is 0. The first-order chi connectivity index (χ1) is 12.5. The summed E-state index contributed by atoms with van der Waals surface area (Å²) in [4.78, 5) is 0. The molecule has 2 aliphatic carbocycles. The van der Waals surface area contributed by atoms with Crippen LogP contribution in [0.25, 0.3) is 11.1 Å².